The van der Waals surface area contributed by atoms with E-state index >= 15 is 0 Å². The van der Waals surface area contributed by atoms with Crippen LogP contribution in [0, 0.1) is 0 Å². The van der Waals surface area contributed by atoms with Crippen molar-refractivity contribution < 1.29 is 14.7 Å². The molecule has 0 amide bonds. The molecule has 0 aromatic carbocycles. The highest BCUT2D eigenvalue weighted by Gasteiger charge is 1.88. The zero-order chi connectivity index (χ0) is 14.8. The van der Waals surface area contributed by atoms with E-state index in [1.54, 1.807) is 6.08 Å². The lowest BCUT2D eigenvalue weighted by atomic mass is 10.2. The highest BCUT2D eigenvalue weighted by Crippen LogP contribution is 2.00. The maximum absolute atomic E-state index is 10.0. The molecular formula is C16H30O3. The van der Waals surface area contributed by atoms with Gasteiger partial charge in [-0.15, -0.1) is 0 Å². The molecule has 1 N–H and O–H groups in total. The molecule has 0 aliphatic rings. The lowest BCUT2D eigenvalue weighted by Gasteiger charge is -1.90. The van der Waals surface area contributed by atoms with E-state index in [4.69, 9.17) is 5.11 Å². The predicted molar refractivity (Wildman–Crippen MR) is 80.4 cm³/mol. The van der Waals surface area contributed by atoms with Crippen LogP contribution in [0.2, 0.25) is 0 Å². The Hall–Kier alpha value is -1.12. The van der Waals surface area contributed by atoms with Crippen molar-refractivity contribution in [2.75, 3.05) is 0 Å². The minimum atomic E-state index is -0.753. The van der Waals surface area contributed by atoms with E-state index < -0.39 is 5.97 Å². The fourth-order valence-corrected chi connectivity index (χ4v) is 1.47. The lowest BCUT2D eigenvalue weighted by Crippen LogP contribution is -1.89. The Morgan fingerprint density at radius 1 is 0.895 bits per heavy atom. The number of allylic oxidation sites excluding steroid dienone is 1. The van der Waals surface area contributed by atoms with E-state index in [1.807, 2.05) is 6.08 Å². The molecule has 0 bridgehead atoms. The van der Waals surface area contributed by atoms with Gasteiger partial charge in [0.25, 0.3) is 0 Å². The number of carbonyl (C=O) groups excluding carboxylic acids is 1. The average molecular weight is 270 g/mol. The van der Waals surface area contributed by atoms with E-state index in [2.05, 4.69) is 13.8 Å². The molecule has 0 saturated heterocycles. The lowest BCUT2D eigenvalue weighted by molar-refractivity contribution is -0.136. The molecule has 0 saturated carbocycles. The fourth-order valence-electron chi connectivity index (χ4n) is 1.47. The SMILES string of the molecule is CCCCCC=CCC(=O)O.CCCCCCC=O. The molecule has 0 atom stereocenters. The second-order valence-corrected chi connectivity index (χ2v) is 4.58. The number of hydrogen-bond donors (Lipinski definition) is 1. The first-order valence-corrected chi connectivity index (χ1v) is 7.49. The molecule has 0 rings (SSSR count). The van der Waals surface area contributed by atoms with Crippen molar-refractivity contribution in [2.24, 2.45) is 0 Å². The van der Waals surface area contributed by atoms with Gasteiger partial charge < -0.3 is 9.90 Å². The molecule has 3 nitrogen and oxygen atoms in total. The van der Waals surface area contributed by atoms with Crippen molar-refractivity contribution in [3.05, 3.63) is 12.2 Å². The van der Waals surface area contributed by atoms with Gasteiger partial charge in [0.1, 0.15) is 6.29 Å². The van der Waals surface area contributed by atoms with Crippen molar-refractivity contribution in [3.8, 4) is 0 Å². The van der Waals surface area contributed by atoms with Crippen molar-refractivity contribution in [1.82, 2.24) is 0 Å². The summed E-state index contributed by atoms with van der Waals surface area (Å²) in [5.41, 5.74) is 0. The first-order chi connectivity index (χ1) is 9.18. The number of carbonyl (C=O) groups is 2. The summed E-state index contributed by atoms with van der Waals surface area (Å²) in [5.74, 6) is -0.753. The van der Waals surface area contributed by atoms with Crippen molar-refractivity contribution in [3.63, 3.8) is 0 Å². The molecule has 0 unspecified atom stereocenters. The summed E-state index contributed by atoms with van der Waals surface area (Å²) in [5, 5.41) is 8.26. The van der Waals surface area contributed by atoms with E-state index in [-0.39, 0.29) is 6.42 Å². The normalized spacial score (nSPS) is 10.0. The van der Waals surface area contributed by atoms with E-state index in [9.17, 15) is 9.59 Å². The van der Waals surface area contributed by atoms with Crippen LogP contribution in [0.25, 0.3) is 0 Å². The molecule has 0 aliphatic heterocycles. The molecule has 0 aromatic rings. The molecular weight excluding hydrogens is 240 g/mol. The van der Waals surface area contributed by atoms with Crippen LogP contribution in [0.1, 0.15) is 78.1 Å². The quantitative estimate of drug-likeness (QED) is 0.335. The number of rotatable bonds is 11. The zero-order valence-corrected chi connectivity index (χ0v) is 12.6. The fraction of sp³-hybridized carbons (Fsp3) is 0.750. The van der Waals surface area contributed by atoms with Gasteiger partial charge in [-0.2, -0.15) is 0 Å². The van der Waals surface area contributed by atoms with Crippen LogP contribution in [-0.2, 0) is 9.59 Å². The molecule has 0 aliphatic carbocycles. The topological polar surface area (TPSA) is 54.4 Å². The van der Waals surface area contributed by atoms with Gasteiger partial charge in [0, 0.05) is 6.42 Å². The number of unbranched alkanes of at least 4 members (excludes halogenated alkanes) is 7. The second-order valence-electron chi connectivity index (χ2n) is 4.58. The molecule has 0 radical (unpaired) electrons. The van der Waals surface area contributed by atoms with Crippen molar-refractivity contribution >= 4 is 12.3 Å². The monoisotopic (exact) mass is 270 g/mol. The van der Waals surface area contributed by atoms with Crippen LogP contribution in [0.4, 0.5) is 0 Å². The third-order valence-electron chi connectivity index (χ3n) is 2.61. The number of hydrogen-bond acceptors (Lipinski definition) is 2. The van der Waals surface area contributed by atoms with Crippen LogP contribution in [0.3, 0.4) is 0 Å². The molecule has 112 valence electrons. The molecule has 0 fully saturated rings. The molecule has 0 heterocycles. The largest absolute Gasteiger partial charge is 0.481 e. The summed E-state index contributed by atoms with van der Waals surface area (Å²) in [7, 11) is 0. The van der Waals surface area contributed by atoms with Crippen LogP contribution in [0.15, 0.2) is 12.2 Å². The van der Waals surface area contributed by atoms with Crippen molar-refractivity contribution in [1.29, 1.82) is 0 Å². The van der Waals surface area contributed by atoms with Gasteiger partial charge in [-0.25, -0.2) is 0 Å². The van der Waals surface area contributed by atoms with Gasteiger partial charge in [-0.05, 0) is 19.3 Å². The molecule has 3 heteroatoms. The van der Waals surface area contributed by atoms with E-state index in [0.717, 1.165) is 25.5 Å². The highest BCUT2D eigenvalue weighted by atomic mass is 16.4. The van der Waals surface area contributed by atoms with E-state index in [1.165, 1.54) is 38.5 Å². The van der Waals surface area contributed by atoms with Crippen LogP contribution in [0.5, 0.6) is 0 Å². The van der Waals surface area contributed by atoms with Gasteiger partial charge in [0.15, 0.2) is 0 Å². The zero-order valence-electron chi connectivity index (χ0n) is 12.6. The second kappa shape index (κ2) is 19.2. The summed E-state index contributed by atoms with van der Waals surface area (Å²) < 4.78 is 0. The Labute approximate surface area is 118 Å². The summed E-state index contributed by atoms with van der Waals surface area (Å²) in [6.45, 7) is 4.32. The maximum Gasteiger partial charge on any atom is 0.307 e. The molecule has 0 aromatic heterocycles. The Balaban J connectivity index is 0. The standard InChI is InChI=1S/C9H16O2.C7H14O/c1-2-3-4-5-6-7-8-9(10)11;1-2-3-4-5-6-7-8/h6-7H,2-5,8H2,1H3,(H,10,11);7H,2-6H2,1H3. The predicted octanol–water partition coefficient (Wildman–Crippen LogP) is 4.75. The number of aldehydes is 1. The number of aliphatic carboxylic acids is 1. The molecule has 19 heavy (non-hydrogen) atoms. The van der Waals surface area contributed by atoms with Crippen molar-refractivity contribution in [2.45, 2.75) is 78.1 Å². The third kappa shape index (κ3) is 26.5. The van der Waals surface area contributed by atoms with Gasteiger partial charge in [0.05, 0.1) is 6.42 Å². The Morgan fingerprint density at radius 2 is 1.47 bits per heavy atom. The van der Waals surface area contributed by atoms with Gasteiger partial charge >= 0.3 is 5.97 Å². The number of carboxylic acids is 1. The summed E-state index contributed by atoms with van der Waals surface area (Å²) >= 11 is 0. The van der Waals surface area contributed by atoms with Gasteiger partial charge in [-0.3, -0.25) is 4.79 Å². The van der Waals surface area contributed by atoms with E-state index in [0.29, 0.717) is 0 Å². The Bertz CT molecular complexity index is 222. The smallest absolute Gasteiger partial charge is 0.307 e. The summed E-state index contributed by atoms with van der Waals surface area (Å²) in [6.07, 6.45) is 15.0. The Kier molecular flexibility index (Phi) is 20.4. The molecule has 0 spiro atoms. The minimum Gasteiger partial charge on any atom is -0.481 e. The first-order valence-electron chi connectivity index (χ1n) is 7.49. The first kappa shape index (κ1) is 20.2. The van der Waals surface area contributed by atoms with Crippen LogP contribution in [-0.4, -0.2) is 17.4 Å². The van der Waals surface area contributed by atoms with Gasteiger partial charge in [-0.1, -0.05) is 58.1 Å². The maximum atomic E-state index is 10.0. The minimum absolute atomic E-state index is 0.159. The van der Waals surface area contributed by atoms with Gasteiger partial charge in [0.2, 0.25) is 0 Å². The number of carboxylic acid groups (broad SMARTS) is 1. The Morgan fingerprint density at radius 3 is 2.00 bits per heavy atom. The third-order valence-corrected chi connectivity index (χ3v) is 2.61. The van der Waals surface area contributed by atoms with Crippen LogP contribution < -0.4 is 0 Å². The summed E-state index contributed by atoms with van der Waals surface area (Å²) in [4.78, 5) is 19.8. The van der Waals surface area contributed by atoms with Crippen LogP contribution >= 0.6 is 0 Å². The summed E-state index contributed by atoms with van der Waals surface area (Å²) in [6, 6.07) is 0. The average Bonchev–Trinajstić information content (AvgIpc) is 2.39. The highest BCUT2D eigenvalue weighted by molar-refractivity contribution is 5.68.